The topological polar surface area (TPSA) is 41.1 Å². The van der Waals surface area contributed by atoms with Crippen LogP contribution < -0.4 is 10.2 Å². The molecule has 0 aliphatic carbocycles. The van der Waals surface area contributed by atoms with E-state index in [2.05, 4.69) is 26.5 Å². The molecular weight excluding hydrogens is 220 g/mol. The van der Waals surface area contributed by atoms with Crippen LogP contribution >= 0.6 is 11.5 Å². The van der Waals surface area contributed by atoms with Crippen LogP contribution in [0.1, 0.15) is 25.6 Å². The van der Waals surface area contributed by atoms with Gasteiger partial charge in [0.25, 0.3) is 0 Å². The molecule has 1 unspecified atom stereocenters. The summed E-state index contributed by atoms with van der Waals surface area (Å²) in [7, 11) is 2.03. The fraction of sp³-hybridized carbons (Fsp3) is 0.818. The van der Waals surface area contributed by atoms with Gasteiger partial charge in [-0.2, -0.15) is 4.37 Å². The molecule has 1 N–H and O–H groups in total. The zero-order valence-corrected chi connectivity index (χ0v) is 10.9. The first-order valence-corrected chi connectivity index (χ1v) is 6.83. The van der Waals surface area contributed by atoms with E-state index in [1.165, 1.54) is 12.8 Å². The number of aryl methyl sites for hydroxylation is 1. The number of aromatic nitrogens is 2. The van der Waals surface area contributed by atoms with Gasteiger partial charge < -0.3 is 10.2 Å². The Morgan fingerprint density at radius 1 is 1.56 bits per heavy atom. The molecule has 5 heteroatoms. The molecule has 2 heterocycles. The Labute approximate surface area is 101 Å². The Hall–Kier alpha value is -0.680. The van der Waals surface area contributed by atoms with Crippen LogP contribution in [0.15, 0.2) is 0 Å². The molecule has 1 atom stereocenters. The number of piperidine rings is 1. The van der Waals surface area contributed by atoms with Crippen LogP contribution in [0.25, 0.3) is 0 Å². The molecule has 0 amide bonds. The standard InChI is InChI=1S/C11H20N4S/c1-3-10-13-11(16-14-10)15-6-4-5-9(8-15)7-12-2/h9,12H,3-8H2,1-2H3. The van der Waals surface area contributed by atoms with Crippen molar-refractivity contribution in [3.8, 4) is 0 Å². The predicted molar refractivity (Wildman–Crippen MR) is 68.2 cm³/mol. The largest absolute Gasteiger partial charge is 0.347 e. The lowest BCUT2D eigenvalue weighted by molar-refractivity contribution is 0.402. The molecule has 2 rings (SSSR count). The minimum atomic E-state index is 0.757. The summed E-state index contributed by atoms with van der Waals surface area (Å²) >= 11 is 1.55. The molecule has 1 aromatic heterocycles. The molecule has 0 spiro atoms. The Morgan fingerprint density at radius 3 is 3.12 bits per heavy atom. The molecule has 1 fully saturated rings. The van der Waals surface area contributed by atoms with E-state index < -0.39 is 0 Å². The molecule has 1 aliphatic rings. The Morgan fingerprint density at radius 2 is 2.44 bits per heavy atom. The Balaban J connectivity index is 1.98. The molecule has 1 saturated heterocycles. The molecule has 1 aliphatic heterocycles. The van der Waals surface area contributed by atoms with Crippen molar-refractivity contribution < 1.29 is 0 Å². The third-order valence-electron chi connectivity index (χ3n) is 3.06. The highest BCUT2D eigenvalue weighted by atomic mass is 32.1. The van der Waals surface area contributed by atoms with Gasteiger partial charge in [0.15, 0.2) is 0 Å². The van der Waals surface area contributed by atoms with Gasteiger partial charge in [0, 0.05) is 31.0 Å². The fourth-order valence-corrected chi connectivity index (χ4v) is 3.00. The van der Waals surface area contributed by atoms with Crippen LogP contribution in [0, 0.1) is 5.92 Å². The summed E-state index contributed by atoms with van der Waals surface area (Å²) in [4.78, 5) is 6.95. The number of rotatable bonds is 4. The number of hydrogen-bond donors (Lipinski definition) is 1. The van der Waals surface area contributed by atoms with Crippen LogP contribution in [0.5, 0.6) is 0 Å². The number of nitrogens with zero attached hydrogens (tertiary/aromatic N) is 3. The number of nitrogens with one attached hydrogen (secondary N) is 1. The zero-order chi connectivity index (χ0) is 11.4. The van der Waals surface area contributed by atoms with Crippen LogP contribution in [-0.2, 0) is 6.42 Å². The van der Waals surface area contributed by atoms with Crippen molar-refractivity contribution in [2.24, 2.45) is 5.92 Å². The van der Waals surface area contributed by atoms with Crippen molar-refractivity contribution in [1.29, 1.82) is 0 Å². The van der Waals surface area contributed by atoms with Crippen molar-refractivity contribution in [1.82, 2.24) is 14.7 Å². The number of hydrogen-bond acceptors (Lipinski definition) is 5. The van der Waals surface area contributed by atoms with Gasteiger partial charge in [-0.25, -0.2) is 4.98 Å². The molecule has 0 bridgehead atoms. The minimum absolute atomic E-state index is 0.757. The Bertz CT molecular complexity index is 324. The fourth-order valence-electron chi connectivity index (χ4n) is 2.21. The molecular formula is C11H20N4S. The molecule has 16 heavy (non-hydrogen) atoms. The lowest BCUT2D eigenvalue weighted by Gasteiger charge is -2.32. The van der Waals surface area contributed by atoms with Crippen molar-refractivity contribution in [3.05, 3.63) is 5.82 Å². The molecule has 1 aromatic rings. The monoisotopic (exact) mass is 240 g/mol. The van der Waals surface area contributed by atoms with E-state index in [9.17, 15) is 0 Å². The zero-order valence-electron chi connectivity index (χ0n) is 10.1. The van der Waals surface area contributed by atoms with Gasteiger partial charge in [-0.3, -0.25) is 0 Å². The number of anilines is 1. The molecule has 4 nitrogen and oxygen atoms in total. The average Bonchev–Trinajstić information content (AvgIpc) is 2.78. The maximum Gasteiger partial charge on any atom is 0.205 e. The van der Waals surface area contributed by atoms with Crippen LogP contribution in [0.3, 0.4) is 0 Å². The summed E-state index contributed by atoms with van der Waals surface area (Å²) in [5.74, 6) is 1.74. The third kappa shape index (κ3) is 2.71. The minimum Gasteiger partial charge on any atom is -0.347 e. The lowest BCUT2D eigenvalue weighted by Crippen LogP contribution is -2.39. The van der Waals surface area contributed by atoms with Gasteiger partial charge >= 0.3 is 0 Å². The maximum atomic E-state index is 4.56. The molecule has 0 aromatic carbocycles. The third-order valence-corrected chi connectivity index (χ3v) is 3.87. The summed E-state index contributed by atoms with van der Waals surface area (Å²) in [5, 5.41) is 4.38. The van der Waals surface area contributed by atoms with E-state index in [0.29, 0.717) is 0 Å². The average molecular weight is 240 g/mol. The first-order chi connectivity index (χ1) is 7.83. The summed E-state index contributed by atoms with van der Waals surface area (Å²) in [6.45, 7) is 5.47. The molecule has 90 valence electrons. The van der Waals surface area contributed by atoms with Gasteiger partial charge in [-0.05, 0) is 32.4 Å². The predicted octanol–water partition coefficient (Wildman–Crippen LogP) is 1.54. The van der Waals surface area contributed by atoms with Crippen molar-refractivity contribution in [2.45, 2.75) is 26.2 Å². The normalized spacial score (nSPS) is 21.4. The van der Waals surface area contributed by atoms with Gasteiger partial charge in [0.1, 0.15) is 5.82 Å². The van der Waals surface area contributed by atoms with Crippen LogP contribution in [0.4, 0.5) is 5.13 Å². The van der Waals surface area contributed by atoms with Crippen molar-refractivity contribution in [2.75, 3.05) is 31.6 Å². The van der Waals surface area contributed by atoms with Gasteiger partial charge in [-0.15, -0.1) is 0 Å². The maximum absolute atomic E-state index is 4.56. The second-order valence-corrected chi connectivity index (χ2v) is 5.09. The van der Waals surface area contributed by atoms with E-state index in [1.807, 2.05) is 7.05 Å². The summed E-state index contributed by atoms with van der Waals surface area (Å²) in [5.41, 5.74) is 0. The van der Waals surface area contributed by atoms with Gasteiger partial charge in [-0.1, -0.05) is 6.92 Å². The lowest BCUT2D eigenvalue weighted by atomic mass is 9.98. The van der Waals surface area contributed by atoms with E-state index >= 15 is 0 Å². The van der Waals surface area contributed by atoms with E-state index in [0.717, 1.165) is 42.9 Å². The van der Waals surface area contributed by atoms with Gasteiger partial charge in [0.2, 0.25) is 5.13 Å². The van der Waals surface area contributed by atoms with Crippen molar-refractivity contribution in [3.63, 3.8) is 0 Å². The second-order valence-electron chi connectivity index (χ2n) is 4.36. The quantitative estimate of drug-likeness (QED) is 0.866. The molecule has 0 radical (unpaired) electrons. The van der Waals surface area contributed by atoms with Crippen LogP contribution in [0.2, 0.25) is 0 Å². The van der Waals surface area contributed by atoms with Gasteiger partial charge in [0.05, 0.1) is 0 Å². The van der Waals surface area contributed by atoms with Crippen LogP contribution in [-0.4, -0.2) is 36.0 Å². The summed E-state index contributed by atoms with van der Waals surface area (Å²) < 4.78 is 4.35. The Kier molecular flexibility index (Phi) is 4.12. The smallest absolute Gasteiger partial charge is 0.205 e. The summed E-state index contributed by atoms with van der Waals surface area (Å²) in [6.07, 6.45) is 3.54. The summed E-state index contributed by atoms with van der Waals surface area (Å²) in [6, 6.07) is 0. The van der Waals surface area contributed by atoms with E-state index in [-0.39, 0.29) is 0 Å². The van der Waals surface area contributed by atoms with E-state index in [4.69, 9.17) is 0 Å². The molecule has 0 saturated carbocycles. The second kappa shape index (κ2) is 5.59. The highest BCUT2D eigenvalue weighted by Gasteiger charge is 2.21. The first kappa shape index (κ1) is 11.8. The highest BCUT2D eigenvalue weighted by Crippen LogP contribution is 2.24. The highest BCUT2D eigenvalue weighted by molar-refractivity contribution is 7.09. The van der Waals surface area contributed by atoms with Crippen molar-refractivity contribution >= 4 is 16.7 Å². The SMILES string of the molecule is CCc1nsc(N2CCCC(CNC)C2)n1. The van der Waals surface area contributed by atoms with E-state index in [1.54, 1.807) is 11.5 Å². The first-order valence-electron chi connectivity index (χ1n) is 6.05.